The minimum atomic E-state index is -0.846. The van der Waals surface area contributed by atoms with Crippen LogP contribution in [0.15, 0.2) is 0 Å². The van der Waals surface area contributed by atoms with E-state index in [2.05, 4.69) is 5.32 Å². The van der Waals surface area contributed by atoms with Crippen LogP contribution in [-0.4, -0.2) is 46.4 Å². The number of nitrogens with zero attached hydrogens (tertiary/aromatic N) is 1. The van der Waals surface area contributed by atoms with E-state index in [9.17, 15) is 9.59 Å². The third-order valence-corrected chi connectivity index (χ3v) is 4.08. The minimum Gasteiger partial charge on any atom is -0.465 e. The number of nitrogens with one attached hydrogen (secondary N) is 1. The van der Waals surface area contributed by atoms with Gasteiger partial charge >= 0.3 is 12.2 Å². The highest BCUT2D eigenvalue weighted by Crippen LogP contribution is 2.43. The highest BCUT2D eigenvalue weighted by atomic mass is 16.6. The van der Waals surface area contributed by atoms with E-state index in [1.54, 1.807) is 0 Å². The third kappa shape index (κ3) is 3.35. The topological polar surface area (TPSA) is 78.9 Å². The van der Waals surface area contributed by atoms with Crippen molar-refractivity contribution in [2.75, 3.05) is 13.1 Å². The number of hydrogen-bond acceptors (Lipinski definition) is 3. The van der Waals surface area contributed by atoms with Gasteiger partial charge in [-0.1, -0.05) is 0 Å². The van der Waals surface area contributed by atoms with Gasteiger partial charge in [-0.2, -0.15) is 0 Å². The summed E-state index contributed by atoms with van der Waals surface area (Å²) in [7, 11) is 0. The Kier molecular flexibility index (Phi) is 3.60. The molecule has 6 heteroatoms. The Morgan fingerprint density at radius 3 is 2.15 bits per heavy atom. The van der Waals surface area contributed by atoms with E-state index in [1.165, 1.54) is 4.90 Å². The first-order valence-corrected chi connectivity index (χ1v) is 7.07. The normalized spacial score (nSPS) is 32.9. The third-order valence-electron chi connectivity index (χ3n) is 4.08. The van der Waals surface area contributed by atoms with Gasteiger partial charge in [-0.15, -0.1) is 0 Å². The first-order chi connectivity index (χ1) is 9.08. The highest BCUT2D eigenvalue weighted by Gasteiger charge is 2.48. The molecule has 0 spiro atoms. The smallest absolute Gasteiger partial charge is 0.408 e. The van der Waals surface area contributed by atoms with E-state index < -0.39 is 17.8 Å². The molecule has 1 heterocycles. The molecule has 2 N–H and O–H groups in total. The van der Waals surface area contributed by atoms with Crippen LogP contribution >= 0.6 is 0 Å². The molecule has 1 unspecified atom stereocenters. The van der Waals surface area contributed by atoms with Crippen molar-refractivity contribution < 1.29 is 19.4 Å². The Bertz CT molecular complexity index is 402. The molecule has 0 radical (unpaired) electrons. The zero-order valence-electron chi connectivity index (χ0n) is 12.6. The van der Waals surface area contributed by atoms with Crippen LogP contribution in [0.1, 0.15) is 40.5 Å². The standard InChI is InChI=1S/C14H24N2O4/c1-13(2,3)20-11(17)15-14(4)5-9-7-16(12(18)19)8-10(9)6-14/h9-10H,5-8H2,1-4H3,(H,15,17)(H,18,19)/t9-,10+,14?. The number of likely N-dealkylation sites (tertiary alicyclic amines) is 1. The summed E-state index contributed by atoms with van der Waals surface area (Å²) in [5.41, 5.74) is -0.794. The van der Waals surface area contributed by atoms with Crippen LogP contribution in [0.3, 0.4) is 0 Å². The molecule has 2 amide bonds. The lowest BCUT2D eigenvalue weighted by Gasteiger charge is -2.29. The Balaban J connectivity index is 1.90. The van der Waals surface area contributed by atoms with Gasteiger partial charge in [0.25, 0.3) is 0 Å². The number of ether oxygens (including phenoxy) is 1. The summed E-state index contributed by atoms with van der Waals surface area (Å²) < 4.78 is 5.29. The molecule has 1 aliphatic carbocycles. The Morgan fingerprint density at radius 1 is 1.25 bits per heavy atom. The maximum atomic E-state index is 11.9. The van der Waals surface area contributed by atoms with Crippen molar-refractivity contribution in [3.8, 4) is 0 Å². The summed E-state index contributed by atoms with van der Waals surface area (Å²) in [6.45, 7) is 8.67. The van der Waals surface area contributed by atoms with Crippen LogP contribution in [0.4, 0.5) is 9.59 Å². The molecular formula is C14H24N2O4. The van der Waals surface area contributed by atoms with Gasteiger partial charge in [-0.05, 0) is 52.4 Å². The average Bonchev–Trinajstić information content (AvgIpc) is 2.68. The number of carbonyl (C=O) groups excluding carboxylic acids is 1. The number of amides is 2. The fourth-order valence-corrected chi connectivity index (χ4v) is 3.45. The van der Waals surface area contributed by atoms with Crippen LogP contribution in [0.5, 0.6) is 0 Å². The maximum absolute atomic E-state index is 11.9. The maximum Gasteiger partial charge on any atom is 0.408 e. The fourth-order valence-electron chi connectivity index (χ4n) is 3.45. The molecule has 2 rings (SSSR count). The number of hydrogen-bond donors (Lipinski definition) is 2. The number of carbonyl (C=O) groups is 2. The molecule has 1 aliphatic heterocycles. The zero-order valence-corrected chi connectivity index (χ0v) is 12.6. The van der Waals surface area contributed by atoms with Crippen molar-refractivity contribution >= 4 is 12.2 Å². The second-order valence-electron chi connectivity index (χ2n) is 7.30. The molecule has 2 fully saturated rings. The van der Waals surface area contributed by atoms with Gasteiger partial charge in [-0.25, -0.2) is 9.59 Å². The molecule has 0 aromatic heterocycles. The van der Waals surface area contributed by atoms with Gasteiger partial charge in [0.05, 0.1) is 0 Å². The lowest BCUT2D eigenvalue weighted by atomic mass is 9.98. The molecule has 0 aromatic carbocycles. The van der Waals surface area contributed by atoms with Crippen molar-refractivity contribution in [2.45, 2.75) is 51.7 Å². The Morgan fingerprint density at radius 2 is 1.75 bits per heavy atom. The number of rotatable bonds is 1. The van der Waals surface area contributed by atoms with Crippen molar-refractivity contribution in [2.24, 2.45) is 11.8 Å². The molecule has 114 valence electrons. The quantitative estimate of drug-likeness (QED) is 0.774. The van der Waals surface area contributed by atoms with Gasteiger partial charge in [-0.3, -0.25) is 0 Å². The largest absolute Gasteiger partial charge is 0.465 e. The summed E-state index contributed by atoms with van der Waals surface area (Å²) in [6, 6.07) is 0. The van der Waals surface area contributed by atoms with E-state index in [0.717, 1.165) is 12.8 Å². The SMILES string of the molecule is CC1(NC(=O)OC(C)(C)C)C[C@H]2CN(C(=O)O)C[C@H]2C1. The van der Waals surface area contributed by atoms with E-state index >= 15 is 0 Å². The molecule has 2 aliphatic rings. The summed E-state index contributed by atoms with van der Waals surface area (Å²) in [5, 5.41) is 12.0. The van der Waals surface area contributed by atoms with Crippen molar-refractivity contribution in [3.05, 3.63) is 0 Å². The van der Waals surface area contributed by atoms with Gasteiger partial charge in [0, 0.05) is 18.6 Å². The lowest BCUT2D eigenvalue weighted by Crippen LogP contribution is -2.47. The molecule has 6 nitrogen and oxygen atoms in total. The monoisotopic (exact) mass is 284 g/mol. The van der Waals surface area contributed by atoms with Crippen LogP contribution in [0, 0.1) is 11.8 Å². The first-order valence-electron chi connectivity index (χ1n) is 7.07. The Hall–Kier alpha value is -1.46. The molecule has 0 aromatic rings. The summed E-state index contributed by atoms with van der Waals surface area (Å²) in [5.74, 6) is 0.678. The first kappa shape index (κ1) is 14.9. The van der Waals surface area contributed by atoms with E-state index in [1.807, 2.05) is 27.7 Å². The lowest BCUT2D eigenvalue weighted by molar-refractivity contribution is 0.0459. The summed E-state index contributed by atoms with van der Waals surface area (Å²) in [6.07, 6.45) is 0.373. The van der Waals surface area contributed by atoms with Crippen LogP contribution in [0.25, 0.3) is 0 Å². The van der Waals surface area contributed by atoms with Crippen LogP contribution in [-0.2, 0) is 4.74 Å². The van der Waals surface area contributed by atoms with Crippen LogP contribution < -0.4 is 5.32 Å². The van der Waals surface area contributed by atoms with Crippen molar-refractivity contribution in [1.29, 1.82) is 0 Å². The molecule has 20 heavy (non-hydrogen) atoms. The molecule has 3 atom stereocenters. The summed E-state index contributed by atoms with van der Waals surface area (Å²) in [4.78, 5) is 24.3. The predicted octanol–water partition coefficient (Wildman–Crippen LogP) is 2.29. The molecule has 0 bridgehead atoms. The zero-order chi connectivity index (χ0) is 15.1. The van der Waals surface area contributed by atoms with Gasteiger partial charge in [0.1, 0.15) is 5.60 Å². The van der Waals surface area contributed by atoms with Crippen molar-refractivity contribution in [3.63, 3.8) is 0 Å². The van der Waals surface area contributed by atoms with E-state index in [0.29, 0.717) is 24.9 Å². The van der Waals surface area contributed by atoms with Gasteiger partial charge in [0.2, 0.25) is 0 Å². The second kappa shape index (κ2) is 4.82. The number of alkyl carbamates (subject to hydrolysis) is 1. The van der Waals surface area contributed by atoms with E-state index in [-0.39, 0.29) is 5.54 Å². The average molecular weight is 284 g/mol. The molecular weight excluding hydrogens is 260 g/mol. The highest BCUT2D eigenvalue weighted by molar-refractivity contribution is 5.69. The van der Waals surface area contributed by atoms with Gasteiger partial charge in [0.15, 0.2) is 0 Å². The predicted molar refractivity (Wildman–Crippen MR) is 73.6 cm³/mol. The summed E-state index contributed by atoms with van der Waals surface area (Å²) >= 11 is 0. The van der Waals surface area contributed by atoms with Crippen LogP contribution in [0.2, 0.25) is 0 Å². The number of carboxylic acid groups (broad SMARTS) is 1. The number of fused-ring (bicyclic) bond motifs is 1. The fraction of sp³-hybridized carbons (Fsp3) is 0.857. The minimum absolute atomic E-state index is 0.289. The second-order valence-corrected chi connectivity index (χ2v) is 7.30. The molecule has 1 saturated carbocycles. The molecule has 1 saturated heterocycles. The Labute approximate surface area is 119 Å². The van der Waals surface area contributed by atoms with E-state index in [4.69, 9.17) is 9.84 Å². The van der Waals surface area contributed by atoms with Crippen molar-refractivity contribution in [1.82, 2.24) is 10.2 Å². The van der Waals surface area contributed by atoms with Gasteiger partial charge < -0.3 is 20.1 Å².